The van der Waals surface area contributed by atoms with E-state index in [2.05, 4.69) is 24.3 Å². The summed E-state index contributed by atoms with van der Waals surface area (Å²) in [6, 6.07) is 26.2. The molecule has 0 aromatic heterocycles. The van der Waals surface area contributed by atoms with Crippen molar-refractivity contribution in [1.82, 2.24) is 0 Å². The molecule has 3 aliphatic carbocycles. The zero-order valence-corrected chi connectivity index (χ0v) is 25.9. The molecule has 0 radical (unpaired) electrons. The molecule has 8 nitrogen and oxygen atoms in total. The third-order valence-corrected chi connectivity index (χ3v) is 10.2. The molecule has 2 heterocycles. The number of anilines is 2. The molecular formula is C37H29ClN2O6. The molecule has 2 aliphatic heterocycles. The number of nitrogens with zero attached hydrogens (tertiary/aromatic N) is 2. The monoisotopic (exact) mass is 632 g/mol. The number of hydrogen-bond donors (Lipinski definition) is 0. The van der Waals surface area contributed by atoms with Crippen LogP contribution in [0.4, 0.5) is 11.4 Å². The van der Waals surface area contributed by atoms with Crippen LogP contribution in [0.15, 0.2) is 84.9 Å². The molecule has 5 aliphatic rings. The molecule has 0 spiro atoms. The minimum Gasteiger partial charge on any atom is -0.495 e. The minimum absolute atomic E-state index is 0.0156. The number of carbonyl (C=O) groups excluding carboxylic acids is 4. The molecule has 2 saturated heterocycles. The lowest BCUT2D eigenvalue weighted by molar-refractivity contribution is -0.139. The van der Waals surface area contributed by atoms with Gasteiger partial charge in [-0.25, -0.2) is 4.90 Å². The first kappa shape index (κ1) is 28.5. The van der Waals surface area contributed by atoms with Gasteiger partial charge in [0.1, 0.15) is 11.5 Å². The maximum Gasteiger partial charge on any atom is 0.316 e. The fourth-order valence-electron chi connectivity index (χ4n) is 8.03. The van der Waals surface area contributed by atoms with Crippen LogP contribution in [-0.2, 0) is 19.2 Å². The second-order valence-electron chi connectivity index (χ2n) is 12.4. The van der Waals surface area contributed by atoms with Crippen LogP contribution in [0.2, 0.25) is 5.02 Å². The molecule has 2 fully saturated rings. The van der Waals surface area contributed by atoms with E-state index in [0.29, 0.717) is 27.7 Å². The summed E-state index contributed by atoms with van der Waals surface area (Å²) in [6.07, 6.45) is -0.0156. The molecule has 9 rings (SSSR count). The molecule has 0 saturated carbocycles. The third-order valence-electron chi connectivity index (χ3n) is 9.97. The van der Waals surface area contributed by atoms with E-state index in [1.807, 2.05) is 24.3 Å². The lowest BCUT2D eigenvalue weighted by Gasteiger charge is -2.45. The summed E-state index contributed by atoms with van der Waals surface area (Å²) in [6.45, 7) is 1.91. The molecule has 4 aromatic carbocycles. The van der Waals surface area contributed by atoms with Gasteiger partial charge in [0, 0.05) is 29.8 Å². The van der Waals surface area contributed by atoms with Gasteiger partial charge in [-0.05, 0) is 71.1 Å². The number of ether oxygens (including phenoxy) is 2. The van der Waals surface area contributed by atoms with Gasteiger partial charge in [0.15, 0.2) is 0 Å². The molecule has 46 heavy (non-hydrogen) atoms. The summed E-state index contributed by atoms with van der Waals surface area (Å²) in [5, 5.41) is 0.445. The van der Waals surface area contributed by atoms with Crippen molar-refractivity contribution in [3.63, 3.8) is 0 Å². The Kier molecular flexibility index (Phi) is 6.55. The van der Waals surface area contributed by atoms with Crippen molar-refractivity contribution in [2.24, 2.45) is 17.8 Å². The number of aryl methyl sites for hydroxylation is 1. The number of hydrogen-bond acceptors (Lipinski definition) is 6. The summed E-state index contributed by atoms with van der Waals surface area (Å²) in [5.74, 6) is -2.49. The van der Waals surface area contributed by atoms with Gasteiger partial charge in [-0.2, -0.15) is 0 Å². The van der Waals surface area contributed by atoms with Crippen LogP contribution < -0.4 is 19.3 Å². The summed E-state index contributed by atoms with van der Waals surface area (Å²) < 4.78 is 11.1. The van der Waals surface area contributed by atoms with Crippen molar-refractivity contribution in [1.29, 1.82) is 0 Å². The molecule has 3 amide bonds. The Hall–Kier alpha value is -4.95. The van der Waals surface area contributed by atoms with Crippen molar-refractivity contribution < 1.29 is 28.7 Å². The Morgan fingerprint density at radius 1 is 0.783 bits per heavy atom. The van der Waals surface area contributed by atoms with Crippen molar-refractivity contribution >= 4 is 46.7 Å². The van der Waals surface area contributed by atoms with E-state index >= 15 is 0 Å². The van der Waals surface area contributed by atoms with Crippen LogP contribution in [0, 0.1) is 24.7 Å². The van der Waals surface area contributed by atoms with Crippen molar-refractivity contribution in [3.8, 4) is 11.5 Å². The van der Waals surface area contributed by atoms with E-state index in [0.717, 1.165) is 22.3 Å². The highest BCUT2D eigenvalue weighted by molar-refractivity contribution is 6.31. The lowest BCUT2D eigenvalue weighted by atomic mass is 9.55. The smallest absolute Gasteiger partial charge is 0.316 e. The van der Waals surface area contributed by atoms with E-state index in [-0.39, 0.29) is 48.3 Å². The Labute approximate surface area is 270 Å². The fourth-order valence-corrected chi connectivity index (χ4v) is 8.20. The largest absolute Gasteiger partial charge is 0.495 e. The number of imide groups is 1. The van der Waals surface area contributed by atoms with E-state index in [1.165, 1.54) is 16.9 Å². The average Bonchev–Trinajstić information content (AvgIpc) is 3.58. The van der Waals surface area contributed by atoms with E-state index < -0.39 is 23.7 Å². The first-order valence-electron chi connectivity index (χ1n) is 15.3. The van der Waals surface area contributed by atoms with Gasteiger partial charge >= 0.3 is 5.97 Å². The Bertz CT molecular complexity index is 1870. The van der Waals surface area contributed by atoms with E-state index in [4.69, 9.17) is 21.1 Å². The quantitative estimate of drug-likeness (QED) is 0.152. The van der Waals surface area contributed by atoms with Crippen LogP contribution in [0.3, 0.4) is 0 Å². The Morgan fingerprint density at radius 3 is 1.91 bits per heavy atom. The first-order valence-corrected chi connectivity index (χ1v) is 15.7. The number of methoxy groups -OCH3 is 1. The zero-order chi connectivity index (χ0) is 31.9. The predicted molar refractivity (Wildman–Crippen MR) is 171 cm³/mol. The van der Waals surface area contributed by atoms with Gasteiger partial charge in [0.2, 0.25) is 17.7 Å². The van der Waals surface area contributed by atoms with Gasteiger partial charge in [0.05, 0.1) is 36.2 Å². The average molecular weight is 633 g/mol. The molecule has 0 unspecified atom stereocenters. The van der Waals surface area contributed by atoms with E-state index in [9.17, 15) is 19.2 Å². The molecule has 0 N–H and O–H groups in total. The topological polar surface area (TPSA) is 93.2 Å². The zero-order valence-electron chi connectivity index (χ0n) is 25.1. The second-order valence-corrected chi connectivity index (χ2v) is 12.8. The number of halogens is 1. The molecule has 3 atom stereocenters. The fraction of sp³-hybridized carbons (Fsp3) is 0.243. The van der Waals surface area contributed by atoms with Gasteiger partial charge in [-0.1, -0.05) is 60.1 Å². The SMILES string of the molecule is COc1ccc(Cl)cc1N1C[C@H](C(=O)Oc2ccc(N3C(=O)[C@@H]4C5c6ccccc6C(c6ccccc65)[C@@H]4C3=O)c(C)c2)CC1=O. The lowest BCUT2D eigenvalue weighted by Crippen LogP contribution is -2.41. The number of esters is 1. The van der Waals surface area contributed by atoms with Gasteiger partial charge in [-0.15, -0.1) is 0 Å². The van der Waals surface area contributed by atoms with Crippen LogP contribution in [0.1, 0.15) is 46.1 Å². The highest BCUT2D eigenvalue weighted by atomic mass is 35.5. The molecule has 230 valence electrons. The molecule has 4 aromatic rings. The number of rotatable bonds is 5. The van der Waals surface area contributed by atoms with Crippen LogP contribution >= 0.6 is 11.6 Å². The van der Waals surface area contributed by atoms with Crippen molar-refractivity contribution in [2.75, 3.05) is 23.5 Å². The minimum atomic E-state index is -0.695. The summed E-state index contributed by atoms with van der Waals surface area (Å²) in [5.41, 5.74) is 6.07. The van der Waals surface area contributed by atoms with Crippen molar-refractivity contribution in [3.05, 3.63) is 118 Å². The van der Waals surface area contributed by atoms with Crippen molar-refractivity contribution in [2.45, 2.75) is 25.2 Å². The van der Waals surface area contributed by atoms with Crippen LogP contribution in [-0.4, -0.2) is 37.3 Å². The summed E-state index contributed by atoms with van der Waals surface area (Å²) >= 11 is 6.16. The normalized spacial score (nSPS) is 24.2. The molecular weight excluding hydrogens is 604 g/mol. The first-order chi connectivity index (χ1) is 22.3. The maximum absolute atomic E-state index is 14.2. The van der Waals surface area contributed by atoms with Gasteiger partial charge in [-0.3, -0.25) is 19.2 Å². The highest BCUT2D eigenvalue weighted by Gasteiger charge is 2.61. The Morgan fingerprint density at radius 2 is 1.37 bits per heavy atom. The maximum atomic E-state index is 14.2. The number of benzene rings is 4. The second kappa shape index (κ2) is 10.6. The Balaban J connectivity index is 1.04. The van der Waals surface area contributed by atoms with Crippen LogP contribution in [0.5, 0.6) is 11.5 Å². The molecule has 2 bridgehead atoms. The van der Waals surface area contributed by atoms with Gasteiger partial charge < -0.3 is 14.4 Å². The summed E-state index contributed by atoms with van der Waals surface area (Å²) in [4.78, 5) is 57.2. The third kappa shape index (κ3) is 4.13. The predicted octanol–water partition coefficient (Wildman–Crippen LogP) is 6.01. The van der Waals surface area contributed by atoms with E-state index in [1.54, 1.807) is 43.3 Å². The van der Waals surface area contributed by atoms with Crippen LogP contribution in [0.25, 0.3) is 0 Å². The highest BCUT2D eigenvalue weighted by Crippen LogP contribution is 2.61. The molecule has 9 heteroatoms. The number of carbonyl (C=O) groups is 4. The van der Waals surface area contributed by atoms with Gasteiger partial charge in [0.25, 0.3) is 0 Å². The summed E-state index contributed by atoms with van der Waals surface area (Å²) in [7, 11) is 1.50. The standard InChI is InChI=1S/C37H29ClN2O6/c1-19-15-22(46-37(44)20-16-30(41)39(18-20)28-17-21(38)11-14-29(28)45-2)12-13-27(19)40-35(42)33-31-23-7-3-4-8-24(23)32(34(33)36(40)43)26-10-6-5-9-25(26)31/h3-15,17,20,31-34H,16,18H2,1-2H3/t20-,31?,32?,33-,34+/m1/s1. The number of amides is 3.